The lowest BCUT2D eigenvalue weighted by Crippen LogP contribution is -2.02. The molecule has 3 heteroatoms. The molecule has 0 fully saturated rings. The van der Waals surface area contributed by atoms with E-state index in [1.54, 1.807) is 17.4 Å². The molecule has 0 saturated carbocycles. The molecule has 1 heterocycles. The molecule has 0 spiro atoms. The van der Waals surface area contributed by atoms with E-state index in [1.165, 1.54) is 23.3 Å². The first-order valence-electron chi connectivity index (χ1n) is 5.21. The van der Waals surface area contributed by atoms with Gasteiger partial charge in [-0.05, 0) is 37.3 Å². The van der Waals surface area contributed by atoms with E-state index in [1.807, 2.05) is 6.07 Å². The molecule has 0 aliphatic heterocycles. The van der Waals surface area contributed by atoms with Crippen LogP contribution >= 0.6 is 11.3 Å². The molecule has 0 aromatic carbocycles. The molecule has 1 aromatic rings. The molecule has 80 valence electrons. The average Bonchev–Trinajstić information content (AvgIpc) is 2.69. The Labute approximate surface area is 93.6 Å². The van der Waals surface area contributed by atoms with E-state index in [2.05, 4.69) is 6.58 Å². The van der Waals surface area contributed by atoms with Crippen molar-refractivity contribution < 1.29 is 9.53 Å². The monoisotopic (exact) mass is 222 g/mol. The van der Waals surface area contributed by atoms with Gasteiger partial charge >= 0.3 is 5.97 Å². The first-order valence-corrected chi connectivity index (χ1v) is 6.02. The van der Waals surface area contributed by atoms with Crippen molar-refractivity contribution in [3.05, 3.63) is 34.0 Å². The number of carbonyl (C=O) groups is 1. The Hall–Kier alpha value is -1.09. The van der Waals surface area contributed by atoms with E-state index in [9.17, 15) is 4.79 Å². The van der Waals surface area contributed by atoms with Crippen LogP contribution in [0.5, 0.6) is 0 Å². The number of aryl methyl sites for hydroxylation is 2. The topological polar surface area (TPSA) is 26.3 Å². The van der Waals surface area contributed by atoms with Crippen LogP contribution in [0, 0.1) is 0 Å². The lowest BCUT2D eigenvalue weighted by atomic mass is 9.99. The predicted molar refractivity (Wildman–Crippen MR) is 61.4 cm³/mol. The molecular formula is C12H14O2S. The fourth-order valence-electron chi connectivity index (χ4n) is 1.80. The van der Waals surface area contributed by atoms with Crippen molar-refractivity contribution in [1.82, 2.24) is 0 Å². The van der Waals surface area contributed by atoms with E-state index < -0.39 is 0 Å². The molecule has 2 nitrogen and oxygen atoms in total. The summed E-state index contributed by atoms with van der Waals surface area (Å²) < 4.78 is 5.01. The van der Waals surface area contributed by atoms with Crippen LogP contribution < -0.4 is 0 Å². The summed E-state index contributed by atoms with van der Waals surface area (Å²) in [5.74, 6) is -0.214. The third kappa shape index (κ3) is 2.29. The van der Waals surface area contributed by atoms with Gasteiger partial charge in [-0.15, -0.1) is 11.3 Å². The van der Waals surface area contributed by atoms with Crippen LogP contribution in [0.2, 0.25) is 0 Å². The quantitative estimate of drug-likeness (QED) is 0.580. The van der Waals surface area contributed by atoms with Crippen LogP contribution in [0.15, 0.2) is 18.7 Å². The lowest BCUT2D eigenvalue weighted by Gasteiger charge is -2.08. The molecule has 1 aromatic heterocycles. The highest BCUT2D eigenvalue weighted by molar-refractivity contribution is 7.14. The van der Waals surface area contributed by atoms with Crippen molar-refractivity contribution in [2.24, 2.45) is 0 Å². The number of esters is 1. The van der Waals surface area contributed by atoms with Gasteiger partial charge < -0.3 is 4.74 Å². The minimum absolute atomic E-state index is 0.214. The Kier molecular flexibility index (Phi) is 3.21. The highest BCUT2D eigenvalue weighted by Crippen LogP contribution is 2.29. The molecular weight excluding hydrogens is 208 g/mol. The minimum atomic E-state index is -0.214. The maximum atomic E-state index is 11.6. The molecule has 0 amide bonds. The molecule has 1 aliphatic carbocycles. The summed E-state index contributed by atoms with van der Waals surface area (Å²) >= 11 is 1.59. The summed E-state index contributed by atoms with van der Waals surface area (Å²) in [4.78, 5) is 13.7. The van der Waals surface area contributed by atoms with Crippen LogP contribution in [0.4, 0.5) is 0 Å². The third-order valence-corrected chi connectivity index (χ3v) is 3.75. The summed E-state index contributed by atoms with van der Waals surface area (Å²) in [5.41, 5.74) is 1.34. The third-order valence-electron chi connectivity index (χ3n) is 2.53. The van der Waals surface area contributed by atoms with E-state index in [4.69, 9.17) is 4.74 Å². The average molecular weight is 222 g/mol. The van der Waals surface area contributed by atoms with Crippen molar-refractivity contribution in [3.63, 3.8) is 0 Å². The second-order valence-electron chi connectivity index (χ2n) is 3.65. The van der Waals surface area contributed by atoms with Gasteiger partial charge in [0.1, 0.15) is 11.5 Å². The molecule has 0 unspecified atom stereocenters. The van der Waals surface area contributed by atoms with E-state index in [0.29, 0.717) is 6.61 Å². The van der Waals surface area contributed by atoms with Gasteiger partial charge in [-0.25, -0.2) is 4.79 Å². The SMILES string of the molecule is C=CCOC(=O)c1cc2c(s1)CCCC2. The van der Waals surface area contributed by atoms with Gasteiger partial charge in [0.05, 0.1) is 0 Å². The van der Waals surface area contributed by atoms with Crippen LogP contribution in [-0.4, -0.2) is 12.6 Å². The number of hydrogen-bond donors (Lipinski definition) is 0. The Bertz CT molecular complexity index is 355. The van der Waals surface area contributed by atoms with Gasteiger partial charge in [-0.3, -0.25) is 0 Å². The van der Waals surface area contributed by atoms with Crippen LogP contribution in [0.3, 0.4) is 0 Å². The number of carbonyl (C=O) groups excluding carboxylic acids is 1. The normalized spacial score (nSPS) is 14.4. The molecule has 0 atom stereocenters. The first kappa shape index (κ1) is 10.4. The maximum absolute atomic E-state index is 11.6. The van der Waals surface area contributed by atoms with Gasteiger partial charge in [0.2, 0.25) is 0 Å². The lowest BCUT2D eigenvalue weighted by molar-refractivity contribution is 0.0555. The molecule has 1 aliphatic rings. The largest absolute Gasteiger partial charge is 0.457 e. The summed E-state index contributed by atoms with van der Waals surface area (Å²) in [6.45, 7) is 3.81. The van der Waals surface area contributed by atoms with Crippen LogP contribution in [0.1, 0.15) is 33.0 Å². The summed E-state index contributed by atoms with van der Waals surface area (Å²) in [5, 5.41) is 0. The van der Waals surface area contributed by atoms with Crippen molar-refractivity contribution >= 4 is 17.3 Å². The van der Waals surface area contributed by atoms with Gasteiger partial charge in [0, 0.05) is 4.88 Å². The highest BCUT2D eigenvalue weighted by Gasteiger charge is 2.17. The van der Waals surface area contributed by atoms with E-state index in [0.717, 1.165) is 17.7 Å². The number of thiophene rings is 1. The number of ether oxygens (including phenoxy) is 1. The summed E-state index contributed by atoms with van der Waals surface area (Å²) in [6.07, 6.45) is 6.31. The van der Waals surface area contributed by atoms with Crippen LogP contribution in [0.25, 0.3) is 0 Å². The van der Waals surface area contributed by atoms with Gasteiger partial charge in [0.25, 0.3) is 0 Å². The van der Waals surface area contributed by atoms with Gasteiger partial charge in [-0.1, -0.05) is 12.7 Å². The summed E-state index contributed by atoms with van der Waals surface area (Å²) in [6, 6.07) is 1.99. The summed E-state index contributed by atoms with van der Waals surface area (Å²) in [7, 11) is 0. The van der Waals surface area contributed by atoms with Crippen molar-refractivity contribution in [1.29, 1.82) is 0 Å². The van der Waals surface area contributed by atoms with Crippen molar-refractivity contribution in [2.45, 2.75) is 25.7 Å². The van der Waals surface area contributed by atoms with Crippen LogP contribution in [-0.2, 0) is 17.6 Å². The van der Waals surface area contributed by atoms with E-state index >= 15 is 0 Å². The second kappa shape index (κ2) is 4.62. The molecule has 15 heavy (non-hydrogen) atoms. The van der Waals surface area contributed by atoms with Gasteiger partial charge in [0.15, 0.2) is 0 Å². The number of rotatable bonds is 3. The number of hydrogen-bond acceptors (Lipinski definition) is 3. The molecule has 0 radical (unpaired) electrons. The Morgan fingerprint density at radius 2 is 2.33 bits per heavy atom. The Balaban J connectivity index is 2.11. The Morgan fingerprint density at radius 1 is 1.53 bits per heavy atom. The van der Waals surface area contributed by atoms with Crippen molar-refractivity contribution in [2.75, 3.05) is 6.61 Å². The minimum Gasteiger partial charge on any atom is -0.457 e. The zero-order chi connectivity index (χ0) is 10.7. The van der Waals surface area contributed by atoms with Gasteiger partial charge in [-0.2, -0.15) is 0 Å². The van der Waals surface area contributed by atoms with Crippen molar-refractivity contribution in [3.8, 4) is 0 Å². The zero-order valence-electron chi connectivity index (χ0n) is 8.62. The molecule has 0 saturated heterocycles. The second-order valence-corrected chi connectivity index (χ2v) is 4.79. The smallest absolute Gasteiger partial charge is 0.348 e. The zero-order valence-corrected chi connectivity index (χ0v) is 9.44. The molecule has 2 rings (SSSR count). The highest BCUT2D eigenvalue weighted by atomic mass is 32.1. The molecule has 0 bridgehead atoms. The molecule has 0 N–H and O–H groups in total. The van der Waals surface area contributed by atoms with E-state index in [-0.39, 0.29) is 5.97 Å². The first-order chi connectivity index (χ1) is 7.31. The maximum Gasteiger partial charge on any atom is 0.348 e. The Morgan fingerprint density at radius 3 is 3.07 bits per heavy atom. The predicted octanol–water partition coefficient (Wildman–Crippen LogP) is 2.97. The fraction of sp³-hybridized carbons (Fsp3) is 0.417. The standard InChI is InChI=1S/C12H14O2S/c1-2-7-14-12(13)11-8-9-5-3-4-6-10(9)15-11/h2,8H,1,3-7H2. The fourth-order valence-corrected chi connectivity index (χ4v) is 2.94. The number of fused-ring (bicyclic) bond motifs is 1.